The van der Waals surface area contributed by atoms with Gasteiger partial charge in [-0.2, -0.15) is 0 Å². The third-order valence-corrected chi connectivity index (χ3v) is 3.73. The van der Waals surface area contributed by atoms with Crippen molar-refractivity contribution in [3.05, 3.63) is 35.9 Å². The first-order valence-corrected chi connectivity index (χ1v) is 8.10. The molecule has 1 aromatic carbocycles. The van der Waals surface area contributed by atoms with Crippen molar-refractivity contribution >= 4 is 12.1 Å². The molecule has 0 saturated carbocycles. The number of aliphatic hydroxyl groups excluding tert-OH is 1. The number of β-amino-alcohol motifs (C(OH)–C–C–N with tert-alkyl or cyclic N) is 1. The van der Waals surface area contributed by atoms with Gasteiger partial charge in [-0.15, -0.1) is 0 Å². The summed E-state index contributed by atoms with van der Waals surface area (Å²) in [6, 6.07) is 9.40. The fraction of sp³-hybridized carbons (Fsp3) is 0.556. The van der Waals surface area contributed by atoms with E-state index in [4.69, 9.17) is 9.47 Å². The van der Waals surface area contributed by atoms with Crippen molar-refractivity contribution in [3.63, 3.8) is 0 Å². The van der Waals surface area contributed by atoms with Crippen LogP contribution in [0.1, 0.15) is 32.8 Å². The number of benzene rings is 1. The van der Waals surface area contributed by atoms with E-state index in [1.807, 2.05) is 30.3 Å². The predicted octanol–water partition coefficient (Wildman–Crippen LogP) is 2.35. The Kier molecular flexibility index (Phi) is 5.83. The molecule has 0 radical (unpaired) electrons. The van der Waals surface area contributed by atoms with E-state index in [-0.39, 0.29) is 38.0 Å². The van der Waals surface area contributed by atoms with Gasteiger partial charge < -0.3 is 19.5 Å². The fourth-order valence-corrected chi connectivity index (χ4v) is 2.54. The summed E-state index contributed by atoms with van der Waals surface area (Å²) in [6.07, 6.45) is -1.14. The zero-order valence-corrected chi connectivity index (χ0v) is 14.4. The lowest BCUT2D eigenvalue weighted by molar-refractivity contribution is -0.146. The summed E-state index contributed by atoms with van der Waals surface area (Å²) in [5.41, 5.74) is 0.322. The van der Waals surface area contributed by atoms with Gasteiger partial charge in [-0.1, -0.05) is 30.3 Å². The van der Waals surface area contributed by atoms with Crippen molar-refractivity contribution in [2.24, 2.45) is 5.92 Å². The number of carbonyl (C=O) groups excluding carboxylic acids is 2. The Morgan fingerprint density at radius 1 is 1.21 bits per heavy atom. The van der Waals surface area contributed by atoms with E-state index < -0.39 is 17.8 Å². The van der Waals surface area contributed by atoms with Crippen molar-refractivity contribution < 1.29 is 24.2 Å². The molecule has 0 spiro atoms. The van der Waals surface area contributed by atoms with Gasteiger partial charge in [-0.25, -0.2) is 4.79 Å². The standard InChI is InChI=1S/C18H25NO5/c1-18(2,3)24-17(22)19-10-14(15(20)11-19)9-16(21)23-12-13-7-5-4-6-8-13/h4-8,14-15,20H,9-12H2,1-3H3/t14-,15+/m1/s1. The summed E-state index contributed by atoms with van der Waals surface area (Å²) in [5, 5.41) is 10.1. The van der Waals surface area contributed by atoms with Crippen LogP contribution in [0.3, 0.4) is 0 Å². The number of ether oxygens (including phenoxy) is 2. The molecule has 132 valence electrons. The third kappa shape index (κ3) is 5.53. The number of hydrogen-bond donors (Lipinski definition) is 1. The maximum absolute atomic E-state index is 12.0. The Morgan fingerprint density at radius 3 is 2.50 bits per heavy atom. The predicted molar refractivity (Wildman–Crippen MR) is 88.2 cm³/mol. The van der Waals surface area contributed by atoms with Crippen LogP contribution in [0.4, 0.5) is 4.79 Å². The summed E-state index contributed by atoms with van der Waals surface area (Å²) in [5.74, 6) is -0.713. The van der Waals surface area contributed by atoms with Gasteiger partial charge in [0, 0.05) is 12.5 Å². The molecule has 1 aromatic rings. The van der Waals surface area contributed by atoms with Crippen LogP contribution in [0, 0.1) is 5.92 Å². The minimum atomic E-state index is -0.748. The van der Waals surface area contributed by atoms with Gasteiger partial charge in [-0.05, 0) is 26.3 Å². The smallest absolute Gasteiger partial charge is 0.410 e. The highest BCUT2D eigenvalue weighted by Gasteiger charge is 2.37. The SMILES string of the molecule is CC(C)(C)OC(=O)N1C[C@@H](CC(=O)OCc2ccccc2)[C@@H](O)C1. The summed E-state index contributed by atoms with van der Waals surface area (Å²) < 4.78 is 10.5. The molecule has 6 heteroatoms. The topological polar surface area (TPSA) is 76.1 Å². The highest BCUT2D eigenvalue weighted by molar-refractivity contribution is 5.71. The molecule has 0 unspecified atom stereocenters. The maximum atomic E-state index is 12.0. The number of nitrogens with zero attached hydrogens (tertiary/aromatic N) is 1. The second-order valence-electron chi connectivity index (χ2n) is 7.06. The van der Waals surface area contributed by atoms with E-state index in [0.717, 1.165) is 5.56 Å². The zero-order chi connectivity index (χ0) is 17.7. The molecule has 1 amide bonds. The first kappa shape index (κ1) is 18.3. The van der Waals surface area contributed by atoms with E-state index in [9.17, 15) is 14.7 Å². The first-order chi connectivity index (χ1) is 11.2. The molecule has 1 saturated heterocycles. The lowest BCUT2D eigenvalue weighted by Crippen LogP contribution is -2.35. The molecule has 6 nitrogen and oxygen atoms in total. The number of amides is 1. The van der Waals surface area contributed by atoms with Gasteiger partial charge >= 0.3 is 12.1 Å². The quantitative estimate of drug-likeness (QED) is 0.855. The molecule has 1 N–H and O–H groups in total. The van der Waals surface area contributed by atoms with Gasteiger partial charge in [0.05, 0.1) is 19.1 Å². The van der Waals surface area contributed by atoms with Crippen molar-refractivity contribution in [2.45, 2.75) is 45.5 Å². The molecule has 0 aliphatic carbocycles. The molecule has 24 heavy (non-hydrogen) atoms. The molecule has 1 heterocycles. The van der Waals surface area contributed by atoms with Crippen LogP contribution in [0.25, 0.3) is 0 Å². The number of rotatable bonds is 4. The minimum Gasteiger partial charge on any atom is -0.461 e. The zero-order valence-electron chi connectivity index (χ0n) is 14.4. The van der Waals surface area contributed by atoms with Crippen LogP contribution in [0.5, 0.6) is 0 Å². The third-order valence-electron chi connectivity index (χ3n) is 3.73. The van der Waals surface area contributed by atoms with Crippen LogP contribution >= 0.6 is 0 Å². The molecule has 2 atom stereocenters. The highest BCUT2D eigenvalue weighted by atomic mass is 16.6. The van der Waals surface area contributed by atoms with Crippen molar-refractivity contribution in [3.8, 4) is 0 Å². The summed E-state index contributed by atoms with van der Waals surface area (Å²) in [7, 11) is 0. The second-order valence-corrected chi connectivity index (χ2v) is 7.06. The molecular weight excluding hydrogens is 310 g/mol. The van der Waals surface area contributed by atoms with Gasteiger partial charge in [-0.3, -0.25) is 4.79 Å². The first-order valence-electron chi connectivity index (χ1n) is 8.10. The Labute approximate surface area is 142 Å². The molecule has 1 aliphatic rings. The number of esters is 1. The number of carbonyl (C=O) groups is 2. The van der Waals surface area contributed by atoms with Gasteiger partial charge in [0.15, 0.2) is 0 Å². The van der Waals surface area contributed by atoms with Crippen LogP contribution in [0.15, 0.2) is 30.3 Å². The average molecular weight is 335 g/mol. The number of aliphatic hydroxyl groups is 1. The number of hydrogen-bond acceptors (Lipinski definition) is 5. The maximum Gasteiger partial charge on any atom is 0.410 e. The van der Waals surface area contributed by atoms with E-state index in [0.29, 0.717) is 0 Å². The van der Waals surface area contributed by atoms with Crippen LogP contribution in [0.2, 0.25) is 0 Å². The lowest BCUT2D eigenvalue weighted by atomic mass is 10.0. The minimum absolute atomic E-state index is 0.0767. The monoisotopic (exact) mass is 335 g/mol. The van der Waals surface area contributed by atoms with Crippen LogP contribution < -0.4 is 0 Å². The molecule has 0 aromatic heterocycles. The van der Waals surface area contributed by atoms with E-state index in [2.05, 4.69) is 0 Å². The summed E-state index contributed by atoms with van der Waals surface area (Å²) in [4.78, 5) is 25.4. The fourth-order valence-electron chi connectivity index (χ4n) is 2.54. The summed E-state index contributed by atoms with van der Waals surface area (Å²) >= 11 is 0. The Morgan fingerprint density at radius 2 is 1.88 bits per heavy atom. The Balaban J connectivity index is 1.80. The Hall–Kier alpha value is -2.08. The molecule has 1 aliphatic heterocycles. The van der Waals surface area contributed by atoms with Crippen molar-refractivity contribution in [1.29, 1.82) is 0 Å². The largest absolute Gasteiger partial charge is 0.461 e. The van der Waals surface area contributed by atoms with Crippen molar-refractivity contribution in [1.82, 2.24) is 4.90 Å². The van der Waals surface area contributed by atoms with E-state index >= 15 is 0 Å². The van der Waals surface area contributed by atoms with Gasteiger partial charge in [0.1, 0.15) is 12.2 Å². The molecular formula is C18H25NO5. The van der Waals surface area contributed by atoms with Crippen LogP contribution in [-0.2, 0) is 20.9 Å². The second kappa shape index (κ2) is 7.66. The van der Waals surface area contributed by atoms with Crippen molar-refractivity contribution in [2.75, 3.05) is 13.1 Å². The molecule has 1 fully saturated rings. The van der Waals surface area contributed by atoms with E-state index in [1.54, 1.807) is 20.8 Å². The number of likely N-dealkylation sites (tertiary alicyclic amines) is 1. The molecule has 0 bridgehead atoms. The average Bonchev–Trinajstić information content (AvgIpc) is 2.86. The van der Waals surface area contributed by atoms with Crippen LogP contribution in [-0.4, -0.2) is 46.9 Å². The lowest BCUT2D eigenvalue weighted by Gasteiger charge is -2.24. The highest BCUT2D eigenvalue weighted by Crippen LogP contribution is 2.23. The van der Waals surface area contributed by atoms with Gasteiger partial charge in [0.25, 0.3) is 0 Å². The summed E-state index contributed by atoms with van der Waals surface area (Å²) in [6.45, 7) is 6.03. The normalized spacial score (nSPS) is 20.8. The molecule has 2 rings (SSSR count). The van der Waals surface area contributed by atoms with Gasteiger partial charge in [0.2, 0.25) is 0 Å². The van der Waals surface area contributed by atoms with E-state index in [1.165, 1.54) is 4.90 Å². The Bertz CT molecular complexity index is 567.